The fourth-order valence-electron chi connectivity index (χ4n) is 6.02. The predicted octanol–water partition coefficient (Wildman–Crippen LogP) is 0.182. The third kappa shape index (κ3) is 13.6. The van der Waals surface area contributed by atoms with Gasteiger partial charge in [0.15, 0.2) is 0 Å². The largest absolute Gasteiger partial charge is 0.368 e. The Kier molecular flexibility index (Phi) is 16.2. The second-order valence-electron chi connectivity index (χ2n) is 13.2. The van der Waals surface area contributed by atoms with Gasteiger partial charge in [-0.05, 0) is 43.0 Å². The minimum absolute atomic E-state index is 0.0353. The molecule has 4 atom stereocenters. The molecular weight excluding hydrogens is 706 g/mol. The van der Waals surface area contributed by atoms with Crippen molar-refractivity contribution >= 4 is 46.5 Å². The Balaban J connectivity index is 1.58. The summed E-state index contributed by atoms with van der Waals surface area (Å²) in [6.45, 7) is 2.27. The summed E-state index contributed by atoms with van der Waals surface area (Å²) in [4.78, 5) is 88.5. The zero-order chi connectivity index (χ0) is 39.6. The van der Waals surface area contributed by atoms with E-state index in [1.54, 1.807) is 12.4 Å². The summed E-state index contributed by atoms with van der Waals surface area (Å²) >= 11 is 0. The molecule has 0 aliphatic heterocycles. The number of primary amides is 2. The maximum absolute atomic E-state index is 14.2. The molecule has 0 fully saturated rings. The molecule has 2 aromatic heterocycles. The third-order valence-corrected chi connectivity index (χ3v) is 8.90. The van der Waals surface area contributed by atoms with Crippen molar-refractivity contribution in [2.24, 2.45) is 11.5 Å². The molecule has 4 rings (SSSR count). The lowest BCUT2D eigenvalue weighted by Crippen LogP contribution is -2.59. The van der Waals surface area contributed by atoms with E-state index in [1.807, 2.05) is 61.5 Å². The lowest BCUT2D eigenvalue weighted by atomic mass is 10.0. The molecule has 0 saturated carbocycles. The molecule has 55 heavy (non-hydrogen) atoms. The summed E-state index contributed by atoms with van der Waals surface area (Å²) in [5.41, 5.74) is 13.6. The number of aromatic amines is 2. The molecule has 2 aromatic carbocycles. The summed E-state index contributed by atoms with van der Waals surface area (Å²) in [5.74, 6) is -3.18. The highest BCUT2D eigenvalue weighted by molar-refractivity contribution is 5.96. The fraction of sp³-hybridized carbons (Fsp3) is 0.395. The number of hydrogen-bond acceptors (Lipinski definition) is 8. The van der Waals surface area contributed by atoms with Crippen molar-refractivity contribution in [2.45, 2.75) is 76.0 Å². The molecule has 0 unspecified atom stereocenters. The first-order chi connectivity index (χ1) is 26.5. The monoisotopic (exact) mass is 757 g/mol. The SMILES string of the molecule is CCCCN[C@@H](Cc1cnc[nH]1)C(=O)N[C@H](Cc1ccccc1)C(=O)N[C@@H](CCCNC(N)=O)C(=O)N[C@@H](Cc1c[nH]c2ccccc12)C(=O)NCC(N)=O. The molecule has 7 amide bonds. The highest BCUT2D eigenvalue weighted by Gasteiger charge is 2.32. The number of amides is 7. The lowest BCUT2D eigenvalue weighted by molar-refractivity contribution is -0.134. The number of carbonyl (C=O) groups is 6. The summed E-state index contributed by atoms with van der Waals surface area (Å²) in [6.07, 6.45) is 7.35. The Morgan fingerprint density at radius 3 is 2.07 bits per heavy atom. The van der Waals surface area contributed by atoms with Gasteiger partial charge in [-0.3, -0.25) is 24.0 Å². The van der Waals surface area contributed by atoms with Crippen LogP contribution in [0.2, 0.25) is 0 Å². The van der Waals surface area contributed by atoms with Gasteiger partial charge in [-0.1, -0.05) is 61.9 Å². The van der Waals surface area contributed by atoms with Crippen LogP contribution in [0.3, 0.4) is 0 Å². The third-order valence-electron chi connectivity index (χ3n) is 8.90. The van der Waals surface area contributed by atoms with E-state index in [0.29, 0.717) is 13.0 Å². The van der Waals surface area contributed by atoms with Gasteiger partial charge in [0.1, 0.15) is 18.1 Å². The first kappa shape index (κ1) is 41.5. The van der Waals surface area contributed by atoms with E-state index in [9.17, 15) is 28.8 Å². The molecule has 294 valence electrons. The number of nitrogens with two attached hydrogens (primary N) is 2. The normalized spacial score (nSPS) is 13.2. The molecule has 2 heterocycles. The maximum Gasteiger partial charge on any atom is 0.312 e. The average molecular weight is 758 g/mol. The molecule has 12 N–H and O–H groups in total. The smallest absolute Gasteiger partial charge is 0.312 e. The second kappa shape index (κ2) is 21.5. The Hall–Kier alpha value is -6.23. The highest BCUT2D eigenvalue weighted by atomic mass is 16.2. The van der Waals surface area contributed by atoms with Crippen LogP contribution in [0, 0.1) is 0 Å². The number of aromatic nitrogens is 3. The van der Waals surface area contributed by atoms with Gasteiger partial charge in [-0.2, -0.15) is 0 Å². The molecule has 0 bridgehead atoms. The van der Waals surface area contributed by atoms with Crippen LogP contribution in [0.4, 0.5) is 4.79 Å². The molecule has 0 saturated heterocycles. The van der Waals surface area contributed by atoms with Gasteiger partial charge in [0.2, 0.25) is 29.5 Å². The number of fused-ring (bicyclic) bond motifs is 1. The minimum atomic E-state index is -1.21. The van der Waals surface area contributed by atoms with E-state index in [4.69, 9.17) is 11.5 Å². The van der Waals surface area contributed by atoms with Crippen LogP contribution in [0.1, 0.15) is 49.4 Å². The summed E-state index contributed by atoms with van der Waals surface area (Å²) in [7, 11) is 0. The number of imidazole rings is 1. The van der Waals surface area contributed by atoms with Crippen LogP contribution in [-0.4, -0.2) is 94.3 Å². The number of nitrogens with one attached hydrogen (secondary N) is 8. The van der Waals surface area contributed by atoms with E-state index in [1.165, 1.54) is 6.33 Å². The molecule has 17 nitrogen and oxygen atoms in total. The molecule has 0 aliphatic rings. The second-order valence-corrected chi connectivity index (χ2v) is 13.2. The Bertz CT molecular complexity index is 1860. The van der Waals surface area contributed by atoms with Gasteiger partial charge in [0, 0.05) is 54.8 Å². The van der Waals surface area contributed by atoms with Crippen molar-refractivity contribution < 1.29 is 28.8 Å². The van der Waals surface area contributed by atoms with Gasteiger partial charge in [0.05, 0.1) is 18.9 Å². The van der Waals surface area contributed by atoms with Gasteiger partial charge in [-0.15, -0.1) is 0 Å². The number of para-hydroxylation sites is 1. The van der Waals surface area contributed by atoms with Crippen LogP contribution in [0.5, 0.6) is 0 Å². The number of H-pyrrole nitrogens is 2. The zero-order valence-electron chi connectivity index (χ0n) is 30.9. The number of rotatable bonds is 23. The zero-order valence-corrected chi connectivity index (χ0v) is 30.9. The van der Waals surface area contributed by atoms with E-state index < -0.39 is 66.3 Å². The quantitative estimate of drug-likeness (QED) is 0.0465. The predicted molar refractivity (Wildman–Crippen MR) is 206 cm³/mol. The molecule has 17 heteroatoms. The van der Waals surface area contributed by atoms with Crippen LogP contribution < -0.4 is 43.4 Å². The van der Waals surface area contributed by atoms with E-state index >= 15 is 0 Å². The van der Waals surface area contributed by atoms with Crippen molar-refractivity contribution in [1.82, 2.24) is 46.9 Å². The van der Waals surface area contributed by atoms with Crippen LogP contribution in [0.15, 0.2) is 73.3 Å². The first-order valence-electron chi connectivity index (χ1n) is 18.3. The maximum atomic E-state index is 14.2. The van der Waals surface area contributed by atoms with Gasteiger partial charge in [-0.25, -0.2) is 9.78 Å². The summed E-state index contributed by atoms with van der Waals surface area (Å²) < 4.78 is 0. The Labute approximate surface area is 318 Å². The number of unbranched alkanes of at least 4 members (excludes halogenated alkanes) is 1. The highest BCUT2D eigenvalue weighted by Crippen LogP contribution is 2.19. The standard InChI is InChI=1S/C38H51N11O6/c1-2-3-15-42-30(19-26-21-41-23-46-26)36(53)48-31(17-24-10-5-4-6-11-24)37(54)47-29(14-9-16-43-38(40)55)35(52)49-32(34(51)45-22-33(39)50)18-25-20-44-28-13-8-7-12-27(25)28/h4-8,10-13,20-21,23,29-32,42,44H,2-3,9,14-19,22H2,1H3,(H2,39,50)(H,41,46)(H,45,51)(H,47,54)(H,48,53)(H,49,52)(H3,40,43,55)/t29-,30-,31+,32-/m0/s1. The minimum Gasteiger partial charge on any atom is -0.368 e. The van der Waals surface area contributed by atoms with Crippen LogP contribution in [-0.2, 0) is 43.2 Å². The van der Waals surface area contributed by atoms with Gasteiger partial charge in [0.25, 0.3) is 0 Å². The number of benzene rings is 2. The number of hydrogen-bond donors (Lipinski definition) is 10. The molecule has 4 aromatic rings. The molecule has 0 radical (unpaired) electrons. The lowest BCUT2D eigenvalue weighted by Gasteiger charge is -2.27. The van der Waals surface area contributed by atoms with Crippen LogP contribution in [0.25, 0.3) is 10.9 Å². The first-order valence-corrected chi connectivity index (χ1v) is 18.3. The number of nitrogens with zero attached hydrogens (tertiary/aromatic N) is 1. The van der Waals surface area contributed by atoms with E-state index in [2.05, 4.69) is 46.9 Å². The molecule has 0 aliphatic carbocycles. The van der Waals surface area contributed by atoms with Crippen molar-refractivity contribution in [3.8, 4) is 0 Å². The summed E-state index contributed by atoms with van der Waals surface area (Å²) in [5, 5.41) is 17.5. The summed E-state index contributed by atoms with van der Waals surface area (Å²) in [6, 6.07) is 11.6. The van der Waals surface area contributed by atoms with Gasteiger partial charge >= 0.3 is 6.03 Å². The van der Waals surface area contributed by atoms with Crippen molar-refractivity contribution in [2.75, 3.05) is 19.6 Å². The Morgan fingerprint density at radius 1 is 0.709 bits per heavy atom. The van der Waals surface area contributed by atoms with Crippen molar-refractivity contribution in [3.63, 3.8) is 0 Å². The van der Waals surface area contributed by atoms with Gasteiger partial charge < -0.3 is 53.3 Å². The fourth-order valence-corrected chi connectivity index (χ4v) is 6.02. The van der Waals surface area contributed by atoms with E-state index in [-0.39, 0.29) is 32.2 Å². The van der Waals surface area contributed by atoms with E-state index in [0.717, 1.165) is 40.6 Å². The van der Waals surface area contributed by atoms with Crippen LogP contribution >= 0.6 is 0 Å². The average Bonchev–Trinajstić information content (AvgIpc) is 3.84. The van der Waals surface area contributed by atoms with Crippen molar-refractivity contribution in [3.05, 3.63) is 90.1 Å². The number of carbonyl (C=O) groups excluding carboxylic acids is 6. The topological polar surface area (TPSA) is 271 Å². The molecular formula is C38H51N11O6. The van der Waals surface area contributed by atoms with Crippen molar-refractivity contribution in [1.29, 1.82) is 0 Å². The number of urea groups is 1. The molecule has 0 spiro atoms. The Morgan fingerprint density at radius 2 is 1.38 bits per heavy atom.